The van der Waals surface area contributed by atoms with E-state index in [0.29, 0.717) is 71.6 Å². The largest absolute Gasteiger partial charge is 0.505 e. The summed E-state index contributed by atoms with van der Waals surface area (Å²) in [5, 5.41) is 48.7. The number of nitrogens with zero attached hydrogens (tertiary/aromatic N) is 4. The van der Waals surface area contributed by atoms with E-state index in [1.165, 1.54) is 0 Å². The second-order valence-corrected chi connectivity index (χ2v) is 14.5. The minimum absolute atomic E-state index is 0.0187. The molecule has 0 bridgehead atoms. The van der Waals surface area contributed by atoms with Crippen molar-refractivity contribution in [2.75, 3.05) is 10.6 Å². The topological polar surface area (TPSA) is 165 Å². The van der Waals surface area contributed by atoms with Gasteiger partial charge in [-0.05, 0) is 89.5 Å². The number of anilines is 2. The van der Waals surface area contributed by atoms with Crippen LogP contribution in [0, 0.1) is 6.92 Å². The molecule has 1 aliphatic rings. The maximum absolute atomic E-state index is 13.9. The zero-order chi connectivity index (χ0) is 41.5. The average molecular weight is 807 g/mol. The molecule has 60 heavy (non-hydrogen) atoms. The first-order valence-corrected chi connectivity index (χ1v) is 19.1. The third kappa shape index (κ3) is 6.99. The number of hydrogen-bond acceptors (Lipinski definition) is 9. The third-order valence-corrected chi connectivity index (χ3v) is 10.6. The first-order chi connectivity index (χ1) is 29.1. The number of nitrogens with one attached hydrogen (secondary N) is 2. The van der Waals surface area contributed by atoms with Gasteiger partial charge in [-0.2, -0.15) is 10.2 Å². The number of halogens is 1. The first kappa shape index (κ1) is 37.6. The van der Waals surface area contributed by atoms with Gasteiger partial charge in [0.1, 0.15) is 11.4 Å². The second kappa shape index (κ2) is 15.4. The fourth-order valence-corrected chi connectivity index (χ4v) is 7.35. The summed E-state index contributed by atoms with van der Waals surface area (Å²) in [6.07, 6.45) is 0. The molecule has 9 rings (SSSR count). The van der Waals surface area contributed by atoms with Crippen LogP contribution >= 0.6 is 11.6 Å². The van der Waals surface area contributed by atoms with Crippen LogP contribution < -0.4 is 10.6 Å². The van der Waals surface area contributed by atoms with Crippen molar-refractivity contribution in [3.63, 3.8) is 0 Å². The number of aryl methyl sites for hydroxylation is 1. The van der Waals surface area contributed by atoms with Crippen molar-refractivity contribution >= 4 is 84.9 Å². The number of benzene rings is 8. The van der Waals surface area contributed by atoms with E-state index in [0.717, 1.165) is 5.56 Å². The lowest BCUT2D eigenvalue weighted by atomic mass is 10.0. The minimum atomic E-state index is -0.581. The molecule has 290 valence electrons. The predicted molar refractivity (Wildman–Crippen MR) is 233 cm³/mol. The molecule has 8 aromatic rings. The van der Waals surface area contributed by atoms with Crippen LogP contribution in [0.3, 0.4) is 0 Å². The van der Waals surface area contributed by atoms with Gasteiger partial charge >= 0.3 is 0 Å². The van der Waals surface area contributed by atoms with Crippen molar-refractivity contribution in [2.24, 2.45) is 20.5 Å². The molecule has 8 aromatic carbocycles. The first-order valence-electron chi connectivity index (χ1n) is 18.7. The molecule has 0 heterocycles. The van der Waals surface area contributed by atoms with E-state index in [1.807, 2.05) is 37.3 Å². The monoisotopic (exact) mass is 806 g/mol. The standard InChI is InChI=1S/C48H31ClN6O5/c1-26-14-16-29(17-15-26)50-47(59)38-22-27-8-2-4-10-32(27)42(45(38)57)54-52-30-18-20-34-35-21-19-31(25-37(35)44(56)36(34)24-30)53-55-43-33-11-5-3-9-28(33)23-39(46(43)58)48(60)51-41-13-7-6-12-40(41)49/h2-25,57-58H,1H3,(H,50,59)(H,51,60). The van der Waals surface area contributed by atoms with Crippen molar-refractivity contribution in [3.8, 4) is 22.6 Å². The SMILES string of the molecule is Cc1ccc(NC(=O)c2cc3ccccc3c(N=Nc3ccc4c(c3)C(=O)c3cc(N=Nc5c(O)c(C(=O)Nc6ccccc6Cl)cc6ccccc56)ccc3-4)c2O)cc1. The highest BCUT2D eigenvalue weighted by molar-refractivity contribution is 6.34. The fraction of sp³-hybridized carbons (Fsp3) is 0.0208. The molecule has 4 N–H and O–H groups in total. The molecule has 0 unspecified atom stereocenters. The highest BCUT2D eigenvalue weighted by Crippen LogP contribution is 2.44. The molecule has 0 saturated carbocycles. The number of fused-ring (bicyclic) bond motifs is 5. The predicted octanol–water partition coefficient (Wildman–Crippen LogP) is 12.9. The van der Waals surface area contributed by atoms with Crippen LogP contribution in [0.2, 0.25) is 5.02 Å². The lowest BCUT2D eigenvalue weighted by Crippen LogP contribution is -2.12. The number of hydrogen-bond donors (Lipinski definition) is 4. The summed E-state index contributed by atoms with van der Waals surface area (Å²) < 4.78 is 0. The van der Waals surface area contributed by atoms with E-state index in [2.05, 4.69) is 31.1 Å². The number of phenolic OH excluding ortho intramolecular Hbond substituents is 2. The van der Waals surface area contributed by atoms with Gasteiger partial charge in [0.25, 0.3) is 11.8 Å². The molecule has 0 aromatic heterocycles. The average Bonchev–Trinajstić information content (AvgIpc) is 3.53. The molecule has 0 saturated heterocycles. The highest BCUT2D eigenvalue weighted by atomic mass is 35.5. The van der Waals surface area contributed by atoms with E-state index in [4.69, 9.17) is 11.6 Å². The Kier molecular flexibility index (Phi) is 9.63. The molecule has 1 aliphatic carbocycles. The third-order valence-electron chi connectivity index (χ3n) is 10.2. The van der Waals surface area contributed by atoms with E-state index in [9.17, 15) is 24.6 Å². The van der Waals surface area contributed by atoms with E-state index in [1.54, 1.807) is 115 Å². The summed E-state index contributed by atoms with van der Waals surface area (Å²) in [7, 11) is 0. The van der Waals surface area contributed by atoms with Crippen molar-refractivity contribution < 1.29 is 24.6 Å². The van der Waals surface area contributed by atoms with Gasteiger partial charge in [-0.1, -0.05) is 102 Å². The Morgan fingerprint density at radius 2 is 1.02 bits per heavy atom. The van der Waals surface area contributed by atoms with E-state index < -0.39 is 11.8 Å². The summed E-state index contributed by atoms with van der Waals surface area (Å²) in [5.41, 5.74) is 5.10. The second-order valence-electron chi connectivity index (χ2n) is 14.1. The Labute approximate surface area is 347 Å². The maximum Gasteiger partial charge on any atom is 0.259 e. The zero-order valence-electron chi connectivity index (χ0n) is 31.6. The van der Waals surface area contributed by atoms with Crippen molar-refractivity contribution in [1.29, 1.82) is 0 Å². The Morgan fingerprint density at radius 3 is 1.55 bits per heavy atom. The number of para-hydroxylation sites is 1. The lowest BCUT2D eigenvalue weighted by Gasteiger charge is -2.12. The van der Waals surface area contributed by atoms with Gasteiger partial charge in [0.2, 0.25) is 0 Å². The van der Waals surface area contributed by atoms with Crippen LogP contribution in [0.5, 0.6) is 11.5 Å². The van der Waals surface area contributed by atoms with Gasteiger partial charge in [-0.15, -0.1) is 10.2 Å². The molecule has 0 radical (unpaired) electrons. The zero-order valence-corrected chi connectivity index (χ0v) is 32.4. The van der Waals surface area contributed by atoms with Crippen LogP contribution in [0.1, 0.15) is 42.2 Å². The molecule has 0 fully saturated rings. The van der Waals surface area contributed by atoms with E-state index in [-0.39, 0.29) is 39.8 Å². The minimum Gasteiger partial charge on any atom is -0.505 e. The normalized spacial score (nSPS) is 12.0. The number of azo groups is 2. The highest BCUT2D eigenvalue weighted by Gasteiger charge is 2.28. The number of carbonyl (C=O) groups excluding carboxylic acids is 3. The van der Waals surface area contributed by atoms with Gasteiger partial charge in [-0.25, -0.2) is 0 Å². The molecule has 12 heteroatoms. The van der Waals surface area contributed by atoms with Crippen LogP contribution in [-0.4, -0.2) is 27.8 Å². The van der Waals surface area contributed by atoms with Gasteiger partial charge in [0.15, 0.2) is 17.3 Å². The Hall–Kier alpha value is -8.02. The Balaban J connectivity index is 0.992. The molecule has 2 amide bonds. The number of aromatic hydroxyl groups is 2. The molecule has 0 aliphatic heterocycles. The van der Waals surface area contributed by atoms with Crippen molar-refractivity contribution in [3.05, 3.63) is 178 Å². The smallest absolute Gasteiger partial charge is 0.259 e. The van der Waals surface area contributed by atoms with Crippen LogP contribution in [0.25, 0.3) is 32.7 Å². The lowest BCUT2D eigenvalue weighted by molar-refractivity contribution is 0.101. The molecular formula is C48H31ClN6O5. The number of rotatable bonds is 8. The summed E-state index contributed by atoms with van der Waals surface area (Å²) in [6, 6.07) is 41.9. The maximum atomic E-state index is 13.9. The van der Waals surface area contributed by atoms with Gasteiger partial charge < -0.3 is 20.8 Å². The van der Waals surface area contributed by atoms with Crippen LogP contribution in [0.15, 0.2) is 166 Å². The molecular weight excluding hydrogens is 776 g/mol. The molecule has 11 nitrogen and oxygen atoms in total. The summed E-state index contributed by atoms with van der Waals surface area (Å²) in [5.74, 6) is -2.05. The number of ketones is 1. The Bertz CT molecular complexity index is 3160. The van der Waals surface area contributed by atoms with E-state index >= 15 is 0 Å². The quantitative estimate of drug-likeness (QED) is 0.112. The van der Waals surface area contributed by atoms with Gasteiger partial charge in [0.05, 0.1) is 33.2 Å². The molecule has 0 spiro atoms. The van der Waals surface area contributed by atoms with Gasteiger partial charge in [0, 0.05) is 27.6 Å². The fourth-order valence-electron chi connectivity index (χ4n) is 7.17. The summed E-state index contributed by atoms with van der Waals surface area (Å²) in [4.78, 5) is 40.6. The Morgan fingerprint density at radius 1 is 0.533 bits per heavy atom. The number of amides is 2. The van der Waals surface area contributed by atoms with Crippen molar-refractivity contribution in [2.45, 2.75) is 6.92 Å². The number of phenols is 2. The summed E-state index contributed by atoms with van der Waals surface area (Å²) in [6.45, 7) is 1.95. The number of carbonyl (C=O) groups is 3. The van der Waals surface area contributed by atoms with Crippen LogP contribution in [-0.2, 0) is 0 Å². The molecule has 0 atom stereocenters. The van der Waals surface area contributed by atoms with Gasteiger partial charge in [-0.3, -0.25) is 14.4 Å². The van der Waals surface area contributed by atoms with Crippen molar-refractivity contribution in [1.82, 2.24) is 0 Å². The summed E-state index contributed by atoms with van der Waals surface area (Å²) >= 11 is 6.26. The van der Waals surface area contributed by atoms with Crippen LogP contribution in [0.4, 0.5) is 34.1 Å².